The minimum Gasteiger partial charge on any atom is -0.375 e. The quantitative estimate of drug-likeness (QED) is 0.807. The molecule has 1 N–H and O–H groups in total. The van der Waals surface area contributed by atoms with Gasteiger partial charge in [0.25, 0.3) is 5.91 Å². The molecule has 1 aromatic heterocycles. The van der Waals surface area contributed by atoms with E-state index in [1.807, 2.05) is 12.1 Å². The van der Waals surface area contributed by atoms with Crippen molar-refractivity contribution >= 4 is 17.5 Å². The van der Waals surface area contributed by atoms with Crippen LogP contribution in [0.5, 0.6) is 0 Å². The lowest BCUT2D eigenvalue weighted by molar-refractivity contribution is -0.127. The lowest BCUT2D eigenvalue weighted by Crippen LogP contribution is -2.50. The van der Waals surface area contributed by atoms with Crippen LogP contribution in [0.3, 0.4) is 0 Å². The van der Waals surface area contributed by atoms with Crippen LogP contribution in [-0.4, -0.2) is 47.6 Å². The van der Waals surface area contributed by atoms with Crippen LogP contribution in [0.25, 0.3) is 0 Å². The van der Waals surface area contributed by atoms with Gasteiger partial charge in [0.1, 0.15) is 0 Å². The summed E-state index contributed by atoms with van der Waals surface area (Å²) >= 11 is 5.99. The number of halogens is 1. The fourth-order valence-electron chi connectivity index (χ4n) is 4.46. The summed E-state index contributed by atoms with van der Waals surface area (Å²) in [6, 6.07) is 11.6. The molecule has 0 bridgehead atoms. The highest BCUT2D eigenvalue weighted by atomic mass is 35.5. The van der Waals surface area contributed by atoms with E-state index in [-0.39, 0.29) is 11.5 Å². The molecule has 29 heavy (non-hydrogen) atoms. The molecule has 2 aromatic rings. The minimum atomic E-state index is -0.0270. The van der Waals surface area contributed by atoms with Crippen LogP contribution in [0.4, 0.5) is 0 Å². The Bertz CT molecular complexity index is 805. The van der Waals surface area contributed by atoms with E-state index >= 15 is 0 Å². The van der Waals surface area contributed by atoms with E-state index in [9.17, 15) is 4.79 Å². The van der Waals surface area contributed by atoms with Gasteiger partial charge >= 0.3 is 0 Å². The van der Waals surface area contributed by atoms with E-state index in [2.05, 4.69) is 27.3 Å². The zero-order valence-corrected chi connectivity index (χ0v) is 17.4. The molecular formula is C23H28ClN3O2. The molecule has 0 radical (unpaired) electrons. The molecule has 1 unspecified atom stereocenters. The minimum absolute atomic E-state index is 0.0225. The molecule has 2 aliphatic heterocycles. The first-order valence-electron chi connectivity index (χ1n) is 10.4. The summed E-state index contributed by atoms with van der Waals surface area (Å²) in [5, 5.41) is 3.87. The molecule has 154 valence electrons. The van der Waals surface area contributed by atoms with E-state index in [0.29, 0.717) is 18.0 Å². The van der Waals surface area contributed by atoms with Gasteiger partial charge in [0, 0.05) is 55.8 Å². The number of ether oxygens (including phenoxy) is 1. The standard InChI is InChI=1S/C23H28ClN3O2/c24-21-3-1-18(2-4-21)17-27-12-8-23(9-13-27)15-19(7-14-29-23)16-26-22(28)20-5-10-25-11-6-20/h1-6,10-11,19H,7-9,12-17H2,(H,26,28). The van der Waals surface area contributed by atoms with Crippen molar-refractivity contribution in [2.45, 2.75) is 37.8 Å². The molecule has 3 heterocycles. The molecule has 4 rings (SSSR count). The number of amides is 1. The van der Waals surface area contributed by atoms with Crippen LogP contribution in [0.15, 0.2) is 48.8 Å². The molecule has 6 heteroatoms. The van der Waals surface area contributed by atoms with Gasteiger partial charge in [-0.2, -0.15) is 0 Å². The summed E-state index contributed by atoms with van der Waals surface area (Å²) in [5.74, 6) is 0.447. The number of hydrogen-bond donors (Lipinski definition) is 1. The summed E-state index contributed by atoms with van der Waals surface area (Å²) in [7, 11) is 0. The predicted molar refractivity (Wildman–Crippen MR) is 114 cm³/mol. The van der Waals surface area contributed by atoms with Crippen LogP contribution >= 0.6 is 11.6 Å². The van der Waals surface area contributed by atoms with Crippen molar-refractivity contribution in [2.24, 2.45) is 5.92 Å². The zero-order chi connectivity index (χ0) is 20.1. The fraction of sp³-hybridized carbons (Fsp3) is 0.478. The van der Waals surface area contributed by atoms with E-state index in [1.165, 1.54) is 5.56 Å². The highest BCUT2D eigenvalue weighted by molar-refractivity contribution is 6.30. The summed E-state index contributed by atoms with van der Waals surface area (Å²) < 4.78 is 6.28. The van der Waals surface area contributed by atoms with Crippen LogP contribution in [0.2, 0.25) is 5.02 Å². The molecule has 1 aromatic carbocycles. The second kappa shape index (κ2) is 9.24. The summed E-state index contributed by atoms with van der Waals surface area (Å²) in [4.78, 5) is 18.8. The van der Waals surface area contributed by atoms with Crippen molar-refractivity contribution in [3.63, 3.8) is 0 Å². The van der Waals surface area contributed by atoms with E-state index in [0.717, 1.165) is 56.9 Å². The van der Waals surface area contributed by atoms with Crippen molar-refractivity contribution in [1.82, 2.24) is 15.2 Å². The average Bonchev–Trinajstić information content (AvgIpc) is 2.76. The number of rotatable bonds is 5. The number of piperidine rings is 1. The third kappa shape index (κ3) is 5.35. The molecular weight excluding hydrogens is 386 g/mol. The number of carbonyl (C=O) groups excluding carboxylic acids is 1. The number of likely N-dealkylation sites (tertiary alicyclic amines) is 1. The number of aromatic nitrogens is 1. The molecule has 2 saturated heterocycles. The SMILES string of the molecule is O=C(NCC1CCOC2(CCN(Cc3ccc(Cl)cc3)CC2)C1)c1ccncc1. The topological polar surface area (TPSA) is 54.5 Å². The Labute approximate surface area is 177 Å². The van der Waals surface area contributed by atoms with Gasteiger partial charge in [0.15, 0.2) is 0 Å². The van der Waals surface area contributed by atoms with Crippen LogP contribution in [-0.2, 0) is 11.3 Å². The molecule has 0 aliphatic carbocycles. The summed E-state index contributed by atoms with van der Waals surface area (Å²) in [5.41, 5.74) is 1.93. The van der Waals surface area contributed by atoms with Crippen molar-refractivity contribution in [2.75, 3.05) is 26.2 Å². The summed E-state index contributed by atoms with van der Waals surface area (Å²) in [6.07, 6.45) is 7.43. The first-order chi connectivity index (χ1) is 14.1. The van der Waals surface area contributed by atoms with Gasteiger partial charge in [0.2, 0.25) is 0 Å². The third-order valence-corrected chi connectivity index (χ3v) is 6.43. The van der Waals surface area contributed by atoms with Crippen molar-refractivity contribution in [3.05, 3.63) is 64.9 Å². The Balaban J connectivity index is 1.26. The second-order valence-electron chi connectivity index (χ2n) is 8.24. The monoisotopic (exact) mass is 413 g/mol. The largest absolute Gasteiger partial charge is 0.375 e. The lowest BCUT2D eigenvalue weighted by Gasteiger charge is -2.46. The number of benzene rings is 1. The van der Waals surface area contributed by atoms with Gasteiger partial charge in [-0.15, -0.1) is 0 Å². The Morgan fingerprint density at radius 3 is 2.62 bits per heavy atom. The number of pyridine rings is 1. The highest BCUT2D eigenvalue weighted by Gasteiger charge is 2.40. The van der Waals surface area contributed by atoms with Gasteiger partial charge in [-0.25, -0.2) is 0 Å². The third-order valence-electron chi connectivity index (χ3n) is 6.18. The van der Waals surface area contributed by atoms with Gasteiger partial charge in [-0.1, -0.05) is 23.7 Å². The molecule has 2 fully saturated rings. The Hall–Kier alpha value is -1.95. The zero-order valence-electron chi connectivity index (χ0n) is 16.6. The maximum Gasteiger partial charge on any atom is 0.251 e. The predicted octanol–water partition coefficient (Wildman–Crippen LogP) is 3.93. The van der Waals surface area contributed by atoms with E-state index in [1.54, 1.807) is 24.5 Å². The summed E-state index contributed by atoms with van der Waals surface area (Å²) in [6.45, 7) is 4.53. The van der Waals surface area contributed by atoms with Crippen LogP contribution in [0, 0.1) is 5.92 Å². The normalized spacial score (nSPS) is 21.8. The Morgan fingerprint density at radius 1 is 1.17 bits per heavy atom. The second-order valence-corrected chi connectivity index (χ2v) is 8.68. The smallest absolute Gasteiger partial charge is 0.251 e. The van der Waals surface area contributed by atoms with Gasteiger partial charge in [0.05, 0.1) is 5.60 Å². The molecule has 1 atom stereocenters. The number of nitrogens with one attached hydrogen (secondary N) is 1. The first kappa shape index (κ1) is 20.3. The Morgan fingerprint density at radius 2 is 1.90 bits per heavy atom. The van der Waals surface area contributed by atoms with Crippen molar-refractivity contribution in [3.8, 4) is 0 Å². The number of hydrogen-bond acceptors (Lipinski definition) is 4. The first-order valence-corrected chi connectivity index (χ1v) is 10.8. The molecule has 0 saturated carbocycles. The average molecular weight is 414 g/mol. The van der Waals surface area contributed by atoms with Crippen molar-refractivity contribution in [1.29, 1.82) is 0 Å². The molecule has 5 nitrogen and oxygen atoms in total. The van der Waals surface area contributed by atoms with E-state index in [4.69, 9.17) is 16.3 Å². The van der Waals surface area contributed by atoms with Crippen molar-refractivity contribution < 1.29 is 9.53 Å². The fourth-order valence-corrected chi connectivity index (χ4v) is 4.59. The molecule has 1 spiro atoms. The van der Waals surface area contributed by atoms with E-state index < -0.39 is 0 Å². The van der Waals surface area contributed by atoms with Crippen LogP contribution < -0.4 is 5.32 Å². The van der Waals surface area contributed by atoms with Gasteiger partial charge in [-0.3, -0.25) is 14.7 Å². The Kier molecular flexibility index (Phi) is 6.48. The lowest BCUT2D eigenvalue weighted by atomic mass is 9.79. The maximum atomic E-state index is 12.3. The van der Waals surface area contributed by atoms with Crippen LogP contribution in [0.1, 0.15) is 41.6 Å². The highest BCUT2D eigenvalue weighted by Crippen LogP contribution is 2.37. The van der Waals surface area contributed by atoms with Gasteiger partial charge in [-0.05, 0) is 61.4 Å². The maximum absolute atomic E-state index is 12.3. The number of carbonyl (C=O) groups is 1. The molecule has 2 aliphatic rings. The van der Waals surface area contributed by atoms with Gasteiger partial charge < -0.3 is 10.1 Å². The molecule has 1 amide bonds. The number of nitrogens with zero attached hydrogens (tertiary/aromatic N) is 2.